The third-order valence-corrected chi connectivity index (χ3v) is 13.2. The van der Waals surface area contributed by atoms with Crippen molar-refractivity contribution in [3.63, 3.8) is 0 Å². The van der Waals surface area contributed by atoms with Crippen LogP contribution in [0.5, 0.6) is 5.75 Å². The molecule has 0 aliphatic heterocycles. The maximum absolute atomic E-state index is 13.2. The van der Waals surface area contributed by atoms with E-state index in [2.05, 4.69) is 6.07 Å². The van der Waals surface area contributed by atoms with Crippen LogP contribution in [0.4, 0.5) is 0 Å². The monoisotopic (exact) mass is 1160 g/mol. The van der Waals surface area contributed by atoms with Crippen LogP contribution in [-0.4, -0.2) is 19.6 Å². The molecule has 2 aromatic heterocycles. The van der Waals surface area contributed by atoms with E-state index in [0.29, 0.717) is 34.0 Å². The summed E-state index contributed by atoms with van der Waals surface area (Å²) in [7, 11) is 0. The van der Waals surface area contributed by atoms with E-state index in [1.165, 1.54) is 22.8 Å². The van der Waals surface area contributed by atoms with Crippen molar-refractivity contribution in [1.82, 2.24) is 14.5 Å². The average molecular weight is 1160 g/mol. The molecule has 0 fully saturated rings. The Balaban J connectivity index is 0.0000116. The van der Waals surface area contributed by atoms with Gasteiger partial charge in [-0.05, 0) is 120 Å². The molecule has 7 aromatic carbocycles. The number of rotatable bonds is 8. The van der Waals surface area contributed by atoms with E-state index < -0.39 is 104 Å². The van der Waals surface area contributed by atoms with Gasteiger partial charge in [-0.2, -0.15) is 0 Å². The van der Waals surface area contributed by atoms with Gasteiger partial charge in [-0.15, -0.1) is 29.3 Å². The van der Waals surface area contributed by atoms with Gasteiger partial charge in [0, 0.05) is 68.7 Å². The van der Waals surface area contributed by atoms with Crippen LogP contribution in [0.2, 0.25) is 0 Å². The van der Waals surface area contributed by atoms with Gasteiger partial charge in [0.05, 0.1) is 22.3 Å². The molecular weight excluding hydrogens is 1070 g/mol. The summed E-state index contributed by atoms with van der Waals surface area (Å²) in [5.74, 6) is -3.03. The molecule has 73 heavy (non-hydrogen) atoms. The van der Waals surface area contributed by atoms with Crippen LogP contribution in [0.25, 0.3) is 83.9 Å². The second-order valence-electron chi connectivity index (χ2n) is 20.9. The summed E-state index contributed by atoms with van der Waals surface area (Å²) >= 11 is 0. The molecule has 0 spiro atoms. The number of imidazole rings is 1. The predicted octanol–water partition coefficient (Wildman–Crippen LogP) is 18.5. The molecule has 5 heteroatoms. The number of fused-ring (bicyclic) bond motifs is 1. The number of pyridine rings is 1. The Hall–Kier alpha value is -6.35. The fourth-order valence-electron chi connectivity index (χ4n) is 9.32. The number of phenols is 1. The van der Waals surface area contributed by atoms with E-state index in [0.717, 1.165) is 38.9 Å². The molecule has 0 saturated heterocycles. The van der Waals surface area contributed by atoms with Gasteiger partial charge < -0.3 is 5.11 Å². The van der Waals surface area contributed by atoms with E-state index in [-0.39, 0.29) is 55.0 Å². The number of hydrogen-bond donors (Lipinski definition) is 1. The number of hydrogen-bond acceptors (Lipinski definition) is 3. The molecule has 0 saturated carbocycles. The van der Waals surface area contributed by atoms with Gasteiger partial charge in [-0.3, -0.25) is 9.55 Å². The van der Waals surface area contributed by atoms with Gasteiger partial charge in [-0.1, -0.05) is 211 Å². The Labute approximate surface area is 481 Å². The SMILES string of the molecule is [2H]C([2H])([2H])c1cc(-c2c(-c3ccccc3)cccc2C(C)(C)C)ccc1-n1c(-c2cc(C(C([2H])([2H])[2H])(C([2H])([2H])[2H])C([2H])([2H])[2H])cc(C(C([2H])([2H])[2H])(C([2H])([2H])[2H])C([2H])([2H])[2H])c2O)nc2c(-c3[c-]c(-c4cc(-c5ccc(C([2H])(C)C)cc5)ccn4)cc(C(C)(C)C)c3)cccc21.[Pt]. The molecule has 0 amide bonds. The Morgan fingerprint density at radius 3 is 1.92 bits per heavy atom. The van der Waals surface area contributed by atoms with Crippen molar-refractivity contribution in [2.75, 3.05) is 0 Å². The summed E-state index contributed by atoms with van der Waals surface area (Å²) in [4.78, 5) is 9.90. The summed E-state index contributed by atoms with van der Waals surface area (Å²) in [6.45, 7) is -12.7. The van der Waals surface area contributed by atoms with Gasteiger partial charge >= 0.3 is 0 Å². The van der Waals surface area contributed by atoms with Gasteiger partial charge in [0.25, 0.3) is 0 Å². The fraction of sp³-hybridized carbons (Fsp3) is 0.294. The summed E-state index contributed by atoms with van der Waals surface area (Å²) in [5, 5.41) is 13.2. The zero-order valence-electron chi connectivity index (χ0n) is 64.0. The first-order valence-corrected chi connectivity index (χ1v) is 23.8. The van der Waals surface area contributed by atoms with Crippen molar-refractivity contribution < 1.29 is 56.3 Å². The van der Waals surface area contributed by atoms with Crippen molar-refractivity contribution in [2.45, 2.75) is 131 Å². The van der Waals surface area contributed by atoms with Crippen molar-refractivity contribution >= 4 is 11.0 Å². The maximum atomic E-state index is 13.2. The second kappa shape index (κ2) is 19.8. The first-order chi connectivity index (χ1) is 42.9. The normalized spacial score (nSPS) is 18.2. The average Bonchev–Trinajstić information content (AvgIpc) is 1.44. The van der Waals surface area contributed by atoms with Crippen molar-refractivity contribution in [2.24, 2.45) is 0 Å². The Bertz CT molecular complexity index is 4270. The number of aromatic nitrogens is 3. The molecule has 0 radical (unpaired) electrons. The van der Waals surface area contributed by atoms with Gasteiger partial charge in [0.2, 0.25) is 0 Å². The van der Waals surface area contributed by atoms with E-state index >= 15 is 0 Å². The minimum Gasteiger partial charge on any atom is -0.507 e. The third kappa shape index (κ3) is 10.6. The zero-order valence-corrected chi connectivity index (χ0v) is 44.3. The number of aryl methyl sites for hydroxylation is 1. The quantitative estimate of drug-likeness (QED) is 0.154. The first kappa shape index (κ1) is 31.4. The smallest absolute Gasteiger partial charge is 0.148 e. The molecule has 0 aliphatic rings. The van der Waals surface area contributed by atoms with Crippen LogP contribution in [0, 0.1) is 12.9 Å². The minimum atomic E-state index is -4.26. The minimum absolute atomic E-state index is 0. The van der Waals surface area contributed by atoms with Gasteiger partial charge in [-0.25, -0.2) is 4.98 Å². The summed E-state index contributed by atoms with van der Waals surface area (Å²) in [6, 6.07) is 43.8. The Morgan fingerprint density at radius 1 is 0.575 bits per heavy atom. The van der Waals surface area contributed by atoms with Crippen LogP contribution in [-0.2, 0) is 42.7 Å². The van der Waals surface area contributed by atoms with Crippen LogP contribution < -0.4 is 0 Å². The van der Waals surface area contributed by atoms with Crippen molar-refractivity contribution in [1.29, 1.82) is 0 Å². The standard InChI is InChI=1S/C68H72N3O.Pt/c1-42(2)44-27-29-45(30-28-44)47-33-34-69-58(39-47)50-36-49(37-51(38-50)65(4,5)6)54-24-20-26-60-62(54)70-64(55-40-52(66(7,8)9)41-57(63(55)72)68(13,14)15)71(60)59-32-31-48(35-43(59)3)61-53(46-21-17-16-18-22-46)23-19-25-56(61)67(10,11)12;/h16-35,37-42,72H,1-15H3;/q-1;/i3D3,7D3,8D3,9D3,13D3,14D3,15D3,42D;. The van der Waals surface area contributed by atoms with E-state index in [1.54, 1.807) is 38.2 Å². The summed E-state index contributed by atoms with van der Waals surface area (Å²) < 4.78 is 197. The summed E-state index contributed by atoms with van der Waals surface area (Å²) in [6.07, 6.45) is 1.64. The number of para-hydroxylation sites is 1. The maximum Gasteiger partial charge on any atom is 0.148 e. The number of benzene rings is 7. The van der Waals surface area contributed by atoms with Crippen LogP contribution in [0.15, 0.2) is 152 Å². The Kier molecular flexibility index (Phi) is 8.53. The van der Waals surface area contributed by atoms with Crippen LogP contribution in [0.3, 0.4) is 0 Å². The van der Waals surface area contributed by atoms with Crippen LogP contribution in [0.1, 0.15) is 166 Å². The number of phenolic OH excluding ortho intramolecular Hbond substituents is 1. The molecule has 9 aromatic rings. The predicted molar refractivity (Wildman–Crippen MR) is 306 cm³/mol. The molecule has 4 nitrogen and oxygen atoms in total. The van der Waals surface area contributed by atoms with Crippen molar-refractivity contribution in [3.05, 3.63) is 191 Å². The topological polar surface area (TPSA) is 50.9 Å². The molecule has 9 rings (SSSR count). The fourth-order valence-corrected chi connectivity index (χ4v) is 9.32. The molecular formula is C68H72N3OPt-. The van der Waals surface area contributed by atoms with Crippen molar-refractivity contribution in [3.8, 4) is 78.6 Å². The van der Waals surface area contributed by atoms with Gasteiger partial charge in [0.1, 0.15) is 11.6 Å². The van der Waals surface area contributed by atoms with E-state index in [4.69, 9.17) is 36.0 Å². The van der Waals surface area contributed by atoms with Crippen LogP contribution >= 0.6 is 0 Å². The summed E-state index contributed by atoms with van der Waals surface area (Å²) in [5.41, 5.74) is -5.85. The molecule has 0 unspecified atom stereocenters. The number of nitrogens with zero attached hydrogens (tertiary/aromatic N) is 3. The largest absolute Gasteiger partial charge is 0.507 e. The molecule has 0 atom stereocenters. The second-order valence-corrected chi connectivity index (χ2v) is 20.9. The Morgan fingerprint density at radius 2 is 1.25 bits per heavy atom. The first-order valence-electron chi connectivity index (χ1n) is 34.8. The number of aromatic hydroxyl groups is 1. The molecule has 0 bridgehead atoms. The van der Waals surface area contributed by atoms with Gasteiger partial charge in [0.15, 0.2) is 0 Å². The molecule has 376 valence electrons. The molecule has 0 aliphatic carbocycles. The van der Waals surface area contributed by atoms with E-state index in [1.807, 2.05) is 139 Å². The zero-order chi connectivity index (χ0) is 70.1. The molecule has 1 N–H and O–H groups in total. The third-order valence-electron chi connectivity index (χ3n) is 13.2. The molecule has 2 heterocycles. The van der Waals surface area contributed by atoms with E-state index in [9.17, 15) is 9.22 Å².